The molecule has 1 N–H and O–H groups in total. The van der Waals surface area contributed by atoms with Gasteiger partial charge in [0.25, 0.3) is 0 Å². The molecule has 0 heterocycles. The molecule has 0 fully saturated rings. The Balaban J connectivity index is 2.09. The second-order valence-corrected chi connectivity index (χ2v) is 5.54. The number of carbonyl (C=O) groups excluding carboxylic acids is 2. The van der Waals surface area contributed by atoms with Crippen LogP contribution >= 0.6 is 11.6 Å². The minimum absolute atomic E-state index is 0.0973. The zero-order valence-corrected chi connectivity index (χ0v) is 13.8. The first kappa shape index (κ1) is 17.0. The van der Waals surface area contributed by atoms with Crippen LogP contribution in [-0.2, 0) is 16.0 Å². The first-order chi connectivity index (χ1) is 11.0. The standard InChI is InChI=1S/C18H18ClNO3/c1-12(14-8-5-6-10-16(14)19)20-17(21)11-13-7-3-4-9-15(13)18(22)23-2/h3-10,12H,11H2,1-2H3,(H,20,21)/t12-/m1/s1. The Morgan fingerprint density at radius 3 is 2.48 bits per heavy atom. The summed E-state index contributed by atoms with van der Waals surface area (Å²) in [5.41, 5.74) is 1.88. The Bertz CT molecular complexity index is 715. The molecule has 1 amide bonds. The summed E-state index contributed by atoms with van der Waals surface area (Å²) in [6.07, 6.45) is 0.0973. The van der Waals surface area contributed by atoms with Gasteiger partial charge in [-0.1, -0.05) is 48.0 Å². The minimum Gasteiger partial charge on any atom is -0.465 e. The molecule has 0 aliphatic heterocycles. The van der Waals surface area contributed by atoms with Crippen molar-refractivity contribution in [3.8, 4) is 0 Å². The molecular weight excluding hydrogens is 314 g/mol. The molecule has 2 aromatic carbocycles. The van der Waals surface area contributed by atoms with E-state index in [1.807, 2.05) is 25.1 Å². The summed E-state index contributed by atoms with van der Waals surface area (Å²) in [6.45, 7) is 1.87. The Hall–Kier alpha value is -2.33. The van der Waals surface area contributed by atoms with Crippen molar-refractivity contribution < 1.29 is 14.3 Å². The maximum atomic E-state index is 12.3. The minimum atomic E-state index is -0.451. The topological polar surface area (TPSA) is 55.4 Å². The maximum absolute atomic E-state index is 12.3. The van der Waals surface area contributed by atoms with Crippen molar-refractivity contribution in [2.45, 2.75) is 19.4 Å². The van der Waals surface area contributed by atoms with Crippen LogP contribution in [0.4, 0.5) is 0 Å². The third kappa shape index (κ3) is 4.33. The van der Waals surface area contributed by atoms with Gasteiger partial charge >= 0.3 is 5.97 Å². The summed E-state index contributed by atoms with van der Waals surface area (Å²) in [6, 6.07) is 14.1. The van der Waals surface area contributed by atoms with E-state index in [1.54, 1.807) is 30.3 Å². The molecule has 0 unspecified atom stereocenters. The predicted octanol–water partition coefficient (Wildman–Crippen LogP) is 3.55. The van der Waals surface area contributed by atoms with Crippen molar-refractivity contribution in [1.82, 2.24) is 5.32 Å². The summed E-state index contributed by atoms with van der Waals surface area (Å²) in [7, 11) is 1.32. The van der Waals surface area contributed by atoms with Gasteiger partial charge in [-0.2, -0.15) is 0 Å². The third-order valence-electron chi connectivity index (χ3n) is 3.52. The van der Waals surface area contributed by atoms with Crippen molar-refractivity contribution in [1.29, 1.82) is 0 Å². The van der Waals surface area contributed by atoms with E-state index in [0.29, 0.717) is 16.1 Å². The largest absolute Gasteiger partial charge is 0.465 e. The number of hydrogen-bond donors (Lipinski definition) is 1. The maximum Gasteiger partial charge on any atom is 0.338 e. The van der Waals surface area contributed by atoms with E-state index in [4.69, 9.17) is 16.3 Å². The molecule has 23 heavy (non-hydrogen) atoms. The lowest BCUT2D eigenvalue weighted by Gasteiger charge is -2.16. The van der Waals surface area contributed by atoms with Crippen LogP contribution in [0.3, 0.4) is 0 Å². The average molecular weight is 332 g/mol. The lowest BCUT2D eigenvalue weighted by Crippen LogP contribution is -2.28. The van der Waals surface area contributed by atoms with Crippen LogP contribution in [-0.4, -0.2) is 19.0 Å². The number of halogens is 1. The van der Waals surface area contributed by atoms with E-state index in [2.05, 4.69) is 5.32 Å². The molecule has 0 saturated heterocycles. The molecule has 120 valence electrons. The van der Waals surface area contributed by atoms with Gasteiger partial charge in [0.05, 0.1) is 25.1 Å². The Morgan fingerprint density at radius 2 is 1.78 bits per heavy atom. The van der Waals surface area contributed by atoms with Crippen LogP contribution in [0.5, 0.6) is 0 Å². The molecule has 0 aliphatic carbocycles. The smallest absolute Gasteiger partial charge is 0.338 e. The number of methoxy groups -OCH3 is 1. The quantitative estimate of drug-likeness (QED) is 0.852. The fraction of sp³-hybridized carbons (Fsp3) is 0.222. The second kappa shape index (κ2) is 7.79. The number of esters is 1. The Labute approximate surface area is 140 Å². The van der Waals surface area contributed by atoms with E-state index >= 15 is 0 Å². The summed E-state index contributed by atoms with van der Waals surface area (Å²) < 4.78 is 4.74. The highest BCUT2D eigenvalue weighted by molar-refractivity contribution is 6.31. The first-order valence-electron chi connectivity index (χ1n) is 7.23. The number of amides is 1. The molecule has 0 spiro atoms. The number of benzene rings is 2. The van der Waals surface area contributed by atoms with Gasteiger partial charge in [0.15, 0.2) is 0 Å². The summed E-state index contributed by atoms with van der Waals surface area (Å²) in [5.74, 6) is -0.638. The normalized spacial score (nSPS) is 11.6. The fourth-order valence-electron chi connectivity index (χ4n) is 2.35. The lowest BCUT2D eigenvalue weighted by molar-refractivity contribution is -0.121. The highest BCUT2D eigenvalue weighted by atomic mass is 35.5. The van der Waals surface area contributed by atoms with Gasteiger partial charge in [-0.3, -0.25) is 4.79 Å². The zero-order chi connectivity index (χ0) is 16.8. The van der Waals surface area contributed by atoms with Gasteiger partial charge in [0, 0.05) is 5.02 Å². The summed E-state index contributed by atoms with van der Waals surface area (Å²) in [5, 5.41) is 3.50. The van der Waals surface area contributed by atoms with Crippen molar-refractivity contribution >= 4 is 23.5 Å². The second-order valence-electron chi connectivity index (χ2n) is 5.14. The predicted molar refractivity (Wildman–Crippen MR) is 89.5 cm³/mol. The lowest BCUT2D eigenvalue weighted by atomic mass is 10.0. The molecule has 0 radical (unpaired) electrons. The van der Waals surface area contributed by atoms with E-state index in [-0.39, 0.29) is 18.4 Å². The Morgan fingerprint density at radius 1 is 1.13 bits per heavy atom. The highest BCUT2D eigenvalue weighted by Gasteiger charge is 2.16. The van der Waals surface area contributed by atoms with E-state index in [9.17, 15) is 9.59 Å². The molecule has 0 bridgehead atoms. The number of carbonyl (C=O) groups is 2. The van der Waals surface area contributed by atoms with Crippen LogP contribution in [0.25, 0.3) is 0 Å². The highest BCUT2D eigenvalue weighted by Crippen LogP contribution is 2.22. The van der Waals surface area contributed by atoms with Crippen LogP contribution in [0.2, 0.25) is 5.02 Å². The molecular formula is C18H18ClNO3. The van der Waals surface area contributed by atoms with Crippen molar-refractivity contribution in [3.63, 3.8) is 0 Å². The molecule has 2 aromatic rings. The van der Waals surface area contributed by atoms with E-state index < -0.39 is 5.97 Å². The number of nitrogens with one attached hydrogen (secondary N) is 1. The first-order valence-corrected chi connectivity index (χ1v) is 7.60. The molecule has 0 saturated carbocycles. The fourth-order valence-corrected chi connectivity index (χ4v) is 2.65. The molecule has 0 aliphatic rings. The SMILES string of the molecule is COC(=O)c1ccccc1CC(=O)N[C@H](C)c1ccccc1Cl. The molecule has 2 rings (SSSR count). The molecule has 0 aromatic heterocycles. The Kier molecular flexibility index (Phi) is 5.77. The van der Waals surface area contributed by atoms with Crippen molar-refractivity contribution in [3.05, 3.63) is 70.2 Å². The molecule has 1 atom stereocenters. The van der Waals surface area contributed by atoms with Gasteiger partial charge in [-0.05, 0) is 30.2 Å². The average Bonchev–Trinajstić information content (AvgIpc) is 2.54. The monoisotopic (exact) mass is 331 g/mol. The van der Waals surface area contributed by atoms with Crippen LogP contribution in [0, 0.1) is 0 Å². The van der Waals surface area contributed by atoms with Crippen molar-refractivity contribution in [2.75, 3.05) is 7.11 Å². The molecule has 4 nitrogen and oxygen atoms in total. The van der Waals surface area contributed by atoms with Gasteiger partial charge in [-0.25, -0.2) is 4.79 Å². The van der Waals surface area contributed by atoms with Gasteiger partial charge < -0.3 is 10.1 Å². The zero-order valence-electron chi connectivity index (χ0n) is 13.0. The van der Waals surface area contributed by atoms with Crippen molar-refractivity contribution in [2.24, 2.45) is 0 Å². The van der Waals surface area contributed by atoms with Crippen LogP contribution < -0.4 is 5.32 Å². The van der Waals surface area contributed by atoms with Crippen LogP contribution in [0.15, 0.2) is 48.5 Å². The third-order valence-corrected chi connectivity index (χ3v) is 3.87. The number of ether oxygens (including phenoxy) is 1. The molecule has 5 heteroatoms. The van der Waals surface area contributed by atoms with E-state index in [1.165, 1.54) is 7.11 Å². The van der Waals surface area contributed by atoms with Gasteiger partial charge in [0.1, 0.15) is 0 Å². The summed E-state index contributed by atoms with van der Waals surface area (Å²) in [4.78, 5) is 24.0. The van der Waals surface area contributed by atoms with Crippen LogP contribution in [0.1, 0.15) is 34.5 Å². The van der Waals surface area contributed by atoms with E-state index in [0.717, 1.165) is 5.56 Å². The number of rotatable bonds is 5. The number of hydrogen-bond acceptors (Lipinski definition) is 3. The van der Waals surface area contributed by atoms with Gasteiger partial charge in [-0.15, -0.1) is 0 Å². The van der Waals surface area contributed by atoms with Gasteiger partial charge in [0.2, 0.25) is 5.91 Å². The summed E-state index contributed by atoms with van der Waals surface area (Å²) >= 11 is 6.14.